The number of aromatic nitrogens is 4. The minimum Gasteiger partial charge on any atom is -0.359 e. The summed E-state index contributed by atoms with van der Waals surface area (Å²) in [5.74, 6) is 1.95. The van der Waals surface area contributed by atoms with Crippen LogP contribution in [-0.2, 0) is 6.54 Å². The number of hydrogen-bond donors (Lipinski definition) is 1. The predicted octanol–water partition coefficient (Wildman–Crippen LogP) is 2.66. The smallest absolute Gasteiger partial charge is 0.351 e. The Morgan fingerprint density at radius 2 is 2.11 bits per heavy atom. The lowest BCUT2D eigenvalue weighted by molar-refractivity contribution is 0.361. The zero-order valence-electron chi connectivity index (χ0n) is 15.8. The van der Waals surface area contributed by atoms with Crippen molar-refractivity contribution in [3.63, 3.8) is 0 Å². The number of para-hydroxylation sites is 1. The molecule has 0 amide bonds. The third-order valence-electron chi connectivity index (χ3n) is 5.02. The van der Waals surface area contributed by atoms with Crippen LogP contribution in [0.2, 0.25) is 0 Å². The maximum atomic E-state index is 13.2. The van der Waals surface area contributed by atoms with Crippen molar-refractivity contribution >= 4 is 0 Å². The minimum absolute atomic E-state index is 0.149. The van der Waals surface area contributed by atoms with Crippen LogP contribution in [0.1, 0.15) is 55.8 Å². The maximum Gasteiger partial charge on any atom is 0.351 e. The molecule has 0 spiro atoms. The molecule has 0 saturated carbocycles. The van der Waals surface area contributed by atoms with Gasteiger partial charge in [-0.05, 0) is 37.4 Å². The van der Waals surface area contributed by atoms with Crippen molar-refractivity contribution in [2.75, 3.05) is 13.1 Å². The van der Waals surface area contributed by atoms with Gasteiger partial charge in [-0.3, -0.25) is 0 Å². The summed E-state index contributed by atoms with van der Waals surface area (Å²) in [6.07, 6.45) is 2.11. The summed E-state index contributed by atoms with van der Waals surface area (Å²) in [7, 11) is 0. The van der Waals surface area contributed by atoms with Gasteiger partial charge in [-0.1, -0.05) is 37.2 Å². The van der Waals surface area contributed by atoms with Crippen LogP contribution in [0.25, 0.3) is 5.69 Å². The molecule has 1 fully saturated rings. The van der Waals surface area contributed by atoms with E-state index in [9.17, 15) is 4.79 Å². The second-order valence-electron chi connectivity index (χ2n) is 7.39. The molecule has 27 heavy (non-hydrogen) atoms. The molecule has 4 rings (SSSR count). The fraction of sp³-hybridized carbons (Fsp3) is 0.450. The Bertz CT molecular complexity index is 948. The number of nitrogens with one attached hydrogen (secondary N) is 1. The molecule has 1 aromatic carbocycles. The van der Waals surface area contributed by atoms with Gasteiger partial charge in [0.05, 0.1) is 11.4 Å². The number of rotatable bonds is 5. The van der Waals surface area contributed by atoms with Crippen molar-refractivity contribution in [3.05, 3.63) is 64.2 Å². The van der Waals surface area contributed by atoms with E-state index in [0.717, 1.165) is 43.1 Å². The van der Waals surface area contributed by atoms with Gasteiger partial charge in [0.25, 0.3) is 0 Å². The lowest BCUT2D eigenvalue weighted by Gasteiger charge is -2.22. The van der Waals surface area contributed by atoms with E-state index in [0.29, 0.717) is 5.76 Å². The van der Waals surface area contributed by atoms with Gasteiger partial charge in [0.2, 0.25) is 0 Å². The topological polar surface area (TPSA) is 77.9 Å². The summed E-state index contributed by atoms with van der Waals surface area (Å²) in [5, 5.41) is 12.2. The second kappa shape index (κ2) is 7.52. The normalized spacial score (nSPS) is 17.5. The molecule has 1 saturated heterocycles. The molecule has 1 aliphatic heterocycles. The average Bonchev–Trinajstić information content (AvgIpc) is 3.29. The first-order valence-corrected chi connectivity index (χ1v) is 9.55. The highest BCUT2D eigenvalue weighted by Crippen LogP contribution is 2.23. The monoisotopic (exact) mass is 367 g/mol. The van der Waals surface area contributed by atoms with E-state index in [2.05, 4.69) is 24.3 Å². The van der Waals surface area contributed by atoms with Gasteiger partial charge in [-0.25, -0.2) is 14.0 Å². The summed E-state index contributed by atoms with van der Waals surface area (Å²) in [6, 6.07) is 11.6. The first-order valence-electron chi connectivity index (χ1n) is 9.55. The highest BCUT2D eigenvalue weighted by Gasteiger charge is 2.25. The van der Waals surface area contributed by atoms with Crippen LogP contribution in [-0.4, -0.2) is 32.6 Å². The lowest BCUT2D eigenvalue weighted by Crippen LogP contribution is -2.31. The van der Waals surface area contributed by atoms with Crippen LogP contribution in [0, 0.1) is 0 Å². The number of hydrogen-bond acceptors (Lipinski definition) is 5. The van der Waals surface area contributed by atoms with Crippen molar-refractivity contribution < 1.29 is 4.52 Å². The molecule has 142 valence electrons. The Balaban J connectivity index is 1.73. The largest absolute Gasteiger partial charge is 0.359 e. The van der Waals surface area contributed by atoms with Gasteiger partial charge < -0.3 is 9.84 Å². The van der Waals surface area contributed by atoms with Crippen LogP contribution in [0.4, 0.5) is 0 Å². The van der Waals surface area contributed by atoms with Crippen molar-refractivity contribution in [2.24, 2.45) is 0 Å². The minimum atomic E-state index is -0.149. The van der Waals surface area contributed by atoms with E-state index in [1.54, 1.807) is 4.57 Å². The van der Waals surface area contributed by atoms with Crippen molar-refractivity contribution in [2.45, 2.75) is 45.1 Å². The maximum absolute atomic E-state index is 13.2. The van der Waals surface area contributed by atoms with Crippen molar-refractivity contribution in [1.29, 1.82) is 0 Å². The Kier molecular flexibility index (Phi) is 4.94. The summed E-state index contributed by atoms with van der Waals surface area (Å²) in [5.41, 5.74) is 1.58. The van der Waals surface area contributed by atoms with Crippen molar-refractivity contribution in [1.82, 2.24) is 24.8 Å². The molecular weight excluding hydrogens is 342 g/mol. The Hall–Kier alpha value is -2.67. The molecule has 2 aromatic heterocycles. The quantitative estimate of drug-likeness (QED) is 0.750. The molecule has 0 bridgehead atoms. The Morgan fingerprint density at radius 1 is 1.30 bits per heavy atom. The highest BCUT2D eigenvalue weighted by molar-refractivity contribution is 5.33. The number of piperidine rings is 1. The van der Waals surface area contributed by atoms with Crippen molar-refractivity contribution in [3.8, 4) is 5.69 Å². The Morgan fingerprint density at radius 3 is 2.78 bits per heavy atom. The molecule has 1 unspecified atom stereocenters. The third-order valence-corrected chi connectivity index (χ3v) is 5.02. The predicted molar refractivity (Wildman–Crippen MR) is 102 cm³/mol. The number of benzene rings is 1. The molecule has 0 radical (unpaired) electrons. The van der Waals surface area contributed by atoms with Gasteiger partial charge in [-0.2, -0.15) is 5.10 Å². The molecule has 3 aromatic rings. The van der Waals surface area contributed by atoms with E-state index in [1.807, 2.05) is 36.4 Å². The standard InChI is InChI=1S/C20H25N5O2/c1-14(2)18-11-17(27-23-18)13-24-20(26)25(16-8-4-3-5-9-16)19(22-24)15-7-6-10-21-12-15/h3-5,8-9,11,14-15,21H,6-7,10,12-13H2,1-2H3. The van der Waals surface area contributed by atoms with Gasteiger partial charge in [0.1, 0.15) is 12.4 Å². The van der Waals surface area contributed by atoms with E-state index < -0.39 is 0 Å². The molecule has 1 atom stereocenters. The molecule has 3 heterocycles. The van der Waals surface area contributed by atoms with E-state index in [-0.39, 0.29) is 24.1 Å². The van der Waals surface area contributed by atoms with E-state index in [4.69, 9.17) is 9.62 Å². The van der Waals surface area contributed by atoms with Crippen LogP contribution in [0.5, 0.6) is 0 Å². The fourth-order valence-electron chi connectivity index (χ4n) is 3.51. The summed E-state index contributed by atoms with van der Waals surface area (Å²) < 4.78 is 8.64. The summed E-state index contributed by atoms with van der Waals surface area (Å²) >= 11 is 0. The molecule has 7 heteroatoms. The molecular formula is C20H25N5O2. The van der Waals surface area contributed by atoms with Crippen LogP contribution >= 0.6 is 0 Å². The zero-order valence-corrected chi connectivity index (χ0v) is 15.8. The van der Waals surface area contributed by atoms with Crippen LogP contribution in [0.3, 0.4) is 0 Å². The first kappa shape index (κ1) is 17.7. The van der Waals surface area contributed by atoms with E-state index in [1.165, 1.54) is 4.68 Å². The highest BCUT2D eigenvalue weighted by atomic mass is 16.5. The molecule has 0 aliphatic carbocycles. The third kappa shape index (κ3) is 3.60. The SMILES string of the molecule is CC(C)c1cc(Cn2nc(C3CCCNC3)n(-c3ccccc3)c2=O)on1. The van der Waals surface area contributed by atoms with Gasteiger partial charge in [-0.15, -0.1) is 0 Å². The van der Waals surface area contributed by atoms with Gasteiger partial charge >= 0.3 is 5.69 Å². The Labute approximate surface area is 158 Å². The van der Waals surface area contributed by atoms with Crippen LogP contribution in [0.15, 0.2) is 45.7 Å². The second-order valence-corrected chi connectivity index (χ2v) is 7.39. The number of nitrogens with zero attached hydrogens (tertiary/aromatic N) is 4. The van der Waals surface area contributed by atoms with Gasteiger partial charge in [0.15, 0.2) is 5.76 Å². The average molecular weight is 367 g/mol. The zero-order chi connectivity index (χ0) is 18.8. The molecule has 1 aliphatic rings. The summed E-state index contributed by atoms with van der Waals surface area (Å²) in [6.45, 7) is 6.26. The molecule has 1 N–H and O–H groups in total. The lowest BCUT2D eigenvalue weighted by atomic mass is 9.99. The summed E-state index contributed by atoms with van der Waals surface area (Å²) in [4.78, 5) is 13.2. The molecule has 7 nitrogen and oxygen atoms in total. The van der Waals surface area contributed by atoms with E-state index >= 15 is 0 Å². The fourth-order valence-corrected chi connectivity index (χ4v) is 3.51. The van der Waals surface area contributed by atoms with Gasteiger partial charge in [0, 0.05) is 18.5 Å². The first-order chi connectivity index (χ1) is 13.1. The van der Waals surface area contributed by atoms with Crippen LogP contribution < -0.4 is 11.0 Å².